The molecule has 0 amide bonds. The fraction of sp³-hybridized carbons (Fsp3) is 0.143. The van der Waals surface area contributed by atoms with Crippen molar-refractivity contribution in [3.05, 3.63) is 69.7 Å². The van der Waals surface area contributed by atoms with Gasteiger partial charge in [-0.3, -0.25) is 0 Å². The van der Waals surface area contributed by atoms with E-state index in [2.05, 4.69) is 0 Å². The molecule has 1 unspecified atom stereocenters. The van der Waals surface area contributed by atoms with Crippen LogP contribution in [0.15, 0.2) is 36.4 Å². The summed E-state index contributed by atoms with van der Waals surface area (Å²) in [7, 11) is 0. The smallest absolute Gasteiger partial charge is 0.131 e. The van der Waals surface area contributed by atoms with Crippen molar-refractivity contribution >= 4 is 23.2 Å². The zero-order chi connectivity index (χ0) is 13.3. The molecule has 0 saturated carbocycles. The van der Waals surface area contributed by atoms with Crippen LogP contribution in [0, 0.1) is 18.6 Å². The molecule has 18 heavy (non-hydrogen) atoms. The summed E-state index contributed by atoms with van der Waals surface area (Å²) in [6.07, 6.45) is 0. The maximum atomic E-state index is 13.7. The van der Waals surface area contributed by atoms with Crippen LogP contribution < -0.4 is 0 Å². The SMILES string of the molecule is Cc1cc(C(Cl)c2ccccc2Cl)c(F)cc1F. The first kappa shape index (κ1) is 13.3. The predicted octanol–water partition coefficient (Wildman–Crippen LogP) is 5.25. The van der Waals surface area contributed by atoms with E-state index in [1.54, 1.807) is 31.2 Å². The fourth-order valence-corrected chi connectivity index (χ4v) is 2.38. The third-order valence-corrected chi connectivity index (χ3v) is 3.54. The van der Waals surface area contributed by atoms with Gasteiger partial charge >= 0.3 is 0 Å². The molecule has 0 aromatic heterocycles. The lowest BCUT2D eigenvalue weighted by atomic mass is 10.0. The van der Waals surface area contributed by atoms with Crippen molar-refractivity contribution in [2.24, 2.45) is 0 Å². The topological polar surface area (TPSA) is 0 Å². The molecule has 1 atom stereocenters. The van der Waals surface area contributed by atoms with Crippen LogP contribution in [0.25, 0.3) is 0 Å². The molecule has 0 fully saturated rings. The van der Waals surface area contributed by atoms with Gasteiger partial charge in [0, 0.05) is 16.7 Å². The maximum Gasteiger partial charge on any atom is 0.131 e. The second-order valence-corrected chi connectivity index (χ2v) is 4.85. The Balaban J connectivity index is 2.50. The van der Waals surface area contributed by atoms with Gasteiger partial charge in [0.2, 0.25) is 0 Å². The van der Waals surface area contributed by atoms with Crippen LogP contribution in [0.5, 0.6) is 0 Å². The van der Waals surface area contributed by atoms with Crippen LogP contribution in [-0.4, -0.2) is 0 Å². The largest absolute Gasteiger partial charge is 0.207 e. The molecule has 0 bridgehead atoms. The zero-order valence-corrected chi connectivity index (χ0v) is 11.1. The van der Waals surface area contributed by atoms with E-state index in [0.29, 0.717) is 16.1 Å². The number of hydrogen-bond donors (Lipinski definition) is 0. The van der Waals surface area contributed by atoms with Crippen LogP contribution in [0.2, 0.25) is 5.02 Å². The van der Waals surface area contributed by atoms with E-state index >= 15 is 0 Å². The number of benzene rings is 2. The Morgan fingerprint density at radius 3 is 2.33 bits per heavy atom. The van der Waals surface area contributed by atoms with E-state index in [1.165, 1.54) is 6.07 Å². The summed E-state index contributed by atoms with van der Waals surface area (Å²) in [6, 6.07) is 9.19. The van der Waals surface area contributed by atoms with Crippen molar-refractivity contribution in [1.29, 1.82) is 0 Å². The van der Waals surface area contributed by atoms with Crippen molar-refractivity contribution in [2.45, 2.75) is 12.3 Å². The summed E-state index contributed by atoms with van der Waals surface area (Å²) >= 11 is 12.2. The molecule has 0 heterocycles. The standard InChI is InChI=1S/C14H10Cl2F2/c1-8-6-10(13(18)7-12(8)17)14(16)9-4-2-3-5-11(9)15/h2-7,14H,1H3. The number of halogens is 4. The van der Waals surface area contributed by atoms with E-state index in [0.717, 1.165) is 6.07 Å². The van der Waals surface area contributed by atoms with Gasteiger partial charge in [0.25, 0.3) is 0 Å². The van der Waals surface area contributed by atoms with Gasteiger partial charge in [-0.25, -0.2) is 8.78 Å². The average Bonchev–Trinajstić information content (AvgIpc) is 2.33. The molecule has 0 saturated heterocycles. The molecule has 0 radical (unpaired) electrons. The minimum atomic E-state index is -0.738. The Bertz CT molecular complexity index is 582. The summed E-state index contributed by atoms with van der Waals surface area (Å²) in [6.45, 7) is 1.56. The van der Waals surface area contributed by atoms with Gasteiger partial charge in [-0.2, -0.15) is 0 Å². The van der Waals surface area contributed by atoms with Gasteiger partial charge in [-0.05, 0) is 30.2 Å². The Morgan fingerprint density at radius 1 is 1.00 bits per heavy atom. The molecule has 2 aromatic carbocycles. The minimum absolute atomic E-state index is 0.226. The molecular weight excluding hydrogens is 277 g/mol. The first-order valence-corrected chi connectivity index (χ1v) is 6.16. The monoisotopic (exact) mass is 286 g/mol. The first-order valence-electron chi connectivity index (χ1n) is 5.34. The molecule has 2 aromatic rings. The minimum Gasteiger partial charge on any atom is -0.207 e. The van der Waals surface area contributed by atoms with Gasteiger partial charge in [-0.1, -0.05) is 29.8 Å². The van der Waals surface area contributed by atoms with E-state index in [4.69, 9.17) is 23.2 Å². The van der Waals surface area contributed by atoms with Gasteiger partial charge < -0.3 is 0 Å². The molecular formula is C14H10Cl2F2. The second kappa shape index (κ2) is 5.25. The van der Waals surface area contributed by atoms with Crippen molar-refractivity contribution < 1.29 is 8.78 Å². The molecule has 0 aliphatic rings. The van der Waals surface area contributed by atoms with Crippen LogP contribution in [0.3, 0.4) is 0 Å². The van der Waals surface area contributed by atoms with Crippen LogP contribution >= 0.6 is 23.2 Å². The highest BCUT2D eigenvalue weighted by Gasteiger charge is 2.19. The highest BCUT2D eigenvalue weighted by molar-refractivity contribution is 6.33. The van der Waals surface area contributed by atoms with Crippen molar-refractivity contribution in [1.82, 2.24) is 0 Å². The summed E-state index contributed by atoms with van der Waals surface area (Å²) in [4.78, 5) is 0. The van der Waals surface area contributed by atoms with Crippen molar-refractivity contribution in [3.63, 3.8) is 0 Å². The Kier molecular flexibility index (Phi) is 3.88. The molecule has 0 nitrogen and oxygen atoms in total. The highest BCUT2D eigenvalue weighted by Crippen LogP contribution is 2.35. The normalized spacial score (nSPS) is 12.5. The van der Waals surface area contributed by atoms with Crippen LogP contribution in [0.1, 0.15) is 22.1 Å². The second-order valence-electron chi connectivity index (χ2n) is 4.01. The lowest BCUT2D eigenvalue weighted by Gasteiger charge is -2.14. The molecule has 0 aliphatic carbocycles. The number of hydrogen-bond acceptors (Lipinski definition) is 0. The van der Waals surface area contributed by atoms with E-state index in [1.807, 2.05) is 0 Å². The lowest BCUT2D eigenvalue weighted by molar-refractivity contribution is 0.568. The zero-order valence-electron chi connectivity index (χ0n) is 9.55. The third kappa shape index (κ3) is 2.50. The summed E-state index contributed by atoms with van der Waals surface area (Å²) in [5, 5.41) is -0.281. The Labute approximate surface area is 114 Å². The molecule has 4 heteroatoms. The van der Waals surface area contributed by atoms with Crippen LogP contribution in [-0.2, 0) is 0 Å². The van der Waals surface area contributed by atoms with E-state index < -0.39 is 17.0 Å². The van der Waals surface area contributed by atoms with Gasteiger partial charge in [-0.15, -0.1) is 11.6 Å². The molecule has 0 N–H and O–H groups in total. The van der Waals surface area contributed by atoms with Gasteiger partial charge in [0.1, 0.15) is 11.6 Å². The predicted molar refractivity (Wildman–Crippen MR) is 70.2 cm³/mol. The Morgan fingerprint density at radius 2 is 1.67 bits per heavy atom. The van der Waals surface area contributed by atoms with E-state index in [-0.39, 0.29) is 5.56 Å². The molecule has 2 rings (SSSR count). The van der Waals surface area contributed by atoms with Crippen molar-refractivity contribution in [2.75, 3.05) is 0 Å². The average molecular weight is 287 g/mol. The van der Waals surface area contributed by atoms with Crippen molar-refractivity contribution in [3.8, 4) is 0 Å². The summed E-state index contributed by atoms with van der Waals surface area (Å²) < 4.78 is 26.9. The molecule has 94 valence electrons. The lowest BCUT2D eigenvalue weighted by Crippen LogP contribution is -2.00. The number of rotatable bonds is 2. The molecule has 0 spiro atoms. The quantitative estimate of drug-likeness (QED) is 0.661. The fourth-order valence-electron chi connectivity index (χ4n) is 1.72. The number of aryl methyl sites for hydroxylation is 1. The summed E-state index contributed by atoms with van der Waals surface area (Å²) in [5.41, 5.74) is 1.18. The van der Waals surface area contributed by atoms with Gasteiger partial charge in [0.15, 0.2) is 0 Å². The molecule has 0 aliphatic heterocycles. The third-order valence-electron chi connectivity index (χ3n) is 2.73. The number of alkyl halides is 1. The Hall–Kier alpha value is -1.12. The van der Waals surface area contributed by atoms with E-state index in [9.17, 15) is 8.78 Å². The maximum absolute atomic E-state index is 13.7. The highest BCUT2D eigenvalue weighted by atomic mass is 35.5. The first-order chi connectivity index (χ1) is 8.50. The summed E-state index contributed by atoms with van der Waals surface area (Å²) in [5.74, 6) is -1.25. The van der Waals surface area contributed by atoms with Crippen LogP contribution in [0.4, 0.5) is 8.78 Å². The van der Waals surface area contributed by atoms with Gasteiger partial charge in [0.05, 0.1) is 5.38 Å².